The van der Waals surface area contributed by atoms with Gasteiger partial charge in [0.2, 0.25) is 5.91 Å². The standard InChI is InChI=1S/C23H19Br2ClN4O6/c24-19-9-18(30(35)36)10-20(25)23(19)27-22(32)13-28(11-14-1-5-16(26)6-2-14)12-21(31)15-3-7-17(8-4-15)29(33)34/h1-10,21,31H,11-13H2,(H,27,32). The van der Waals surface area contributed by atoms with Crippen LogP contribution in [0.2, 0.25) is 5.02 Å². The zero-order valence-electron chi connectivity index (χ0n) is 18.4. The number of nitro benzene ring substituents is 2. The van der Waals surface area contributed by atoms with Gasteiger partial charge in [-0.05, 0) is 67.3 Å². The molecule has 0 aromatic heterocycles. The normalized spacial score (nSPS) is 11.8. The maximum Gasteiger partial charge on any atom is 0.271 e. The first kappa shape index (κ1) is 27.7. The first-order valence-electron chi connectivity index (χ1n) is 10.4. The molecular formula is C23H19Br2ClN4O6. The molecule has 1 unspecified atom stereocenters. The fourth-order valence-corrected chi connectivity index (χ4v) is 4.85. The minimum Gasteiger partial charge on any atom is -0.387 e. The number of aliphatic hydroxyl groups is 1. The molecule has 0 saturated carbocycles. The molecule has 0 spiro atoms. The number of nitrogens with one attached hydrogen (secondary N) is 1. The summed E-state index contributed by atoms with van der Waals surface area (Å²) in [5.41, 5.74) is 1.39. The summed E-state index contributed by atoms with van der Waals surface area (Å²) >= 11 is 12.5. The molecule has 0 saturated heterocycles. The van der Waals surface area contributed by atoms with Crippen LogP contribution >= 0.6 is 43.5 Å². The third-order valence-electron chi connectivity index (χ3n) is 5.11. The summed E-state index contributed by atoms with van der Waals surface area (Å²) in [6.07, 6.45) is -1.02. The van der Waals surface area contributed by atoms with Gasteiger partial charge in [-0.15, -0.1) is 0 Å². The number of non-ortho nitro benzene ring substituents is 2. The summed E-state index contributed by atoms with van der Waals surface area (Å²) in [6.45, 7) is 0.232. The second kappa shape index (κ2) is 12.4. The minimum atomic E-state index is -1.02. The Hall–Kier alpha value is -2.90. The molecule has 2 N–H and O–H groups in total. The Bertz CT molecular complexity index is 1250. The number of amides is 1. The van der Waals surface area contributed by atoms with E-state index in [0.29, 0.717) is 31.8 Å². The Morgan fingerprint density at radius 3 is 2.06 bits per heavy atom. The Labute approximate surface area is 227 Å². The molecule has 1 atom stereocenters. The van der Waals surface area contributed by atoms with Crippen LogP contribution in [0.15, 0.2) is 69.6 Å². The summed E-state index contributed by atoms with van der Waals surface area (Å²) in [4.78, 5) is 35.5. The van der Waals surface area contributed by atoms with E-state index in [1.807, 2.05) is 0 Å². The fraction of sp³-hybridized carbons (Fsp3) is 0.174. The van der Waals surface area contributed by atoms with Crippen LogP contribution in [0.5, 0.6) is 0 Å². The van der Waals surface area contributed by atoms with E-state index in [1.54, 1.807) is 29.2 Å². The summed E-state index contributed by atoms with van der Waals surface area (Å²) in [5.74, 6) is -0.421. The smallest absolute Gasteiger partial charge is 0.271 e. The molecule has 36 heavy (non-hydrogen) atoms. The molecule has 13 heteroatoms. The second-order valence-electron chi connectivity index (χ2n) is 7.75. The minimum absolute atomic E-state index is 0.0520. The van der Waals surface area contributed by atoms with E-state index in [2.05, 4.69) is 37.2 Å². The number of hydrogen-bond donors (Lipinski definition) is 2. The van der Waals surface area contributed by atoms with Gasteiger partial charge in [0, 0.05) is 51.3 Å². The van der Waals surface area contributed by atoms with Crippen molar-refractivity contribution in [1.29, 1.82) is 0 Å². The number of halogens is 3. The number of carbonyl (C=O) groups is 1. The predicted octanol–water partition coefficient (Wildman–Crippen LogP) is 5.86. The van der Waals surface area contributed by atoms with Gasteiger partial charge in [-0.25, -0.2) is 0 Å². The Morgan fingerprint density at radius 2 is 1.53 bits per heavy atom. The van der Waals surface area contributed by atoms with Crippen molar-refractivity contribution in [2.45, 2.75) is 12.6 Å². The van der Waals surface area contributed by atoms with Gasteiger partial charge in [0.1, 0.15) is 0 Å². The molecule has 1 amide bonds. The number of rotatable bonds is 10. The van der Waals surface area contributed by atoms with Crippen LogP contribution in [0.1, 0.15) is 17.2 Å². The summed E-state index contributed by atoms with van der Waals surface area (Å²) in [7, 11) is 0. The molecule has 3 aromatic carbocycles. The van der Waals surface area contributed by atoms with Crippen LogP contribution < -0.4 is 5.32 Å². The van der Waals surface area contributed by atoms with Gasteiger partial charge in [-0.2, -0.15) is 0 Å². The number of anilines is 1. The first-order valence-corrected chi connectivity index (χ1v) is 12.3. The van der Waals surface area contributed by atoms with E-state index >= 15 is 0 Å². The SMILES string of the molecule is O=C(CN(Cc1ccc(Cl)cc1)CC(O)c1ccc([N+](=O)[O-])cc1)Nc1c(Br)cc([N+](=O)[O-])cc1Br. The lowest BCUT2D eigenvalue weighted by atomic mass is 10.1. The van der Waals surface area contributed by atoms with Crippen molar-refractivity contribution in [2.75, 3.05) is 18.4 Å². The fourth-order valence-electron chi connectivity index (χ4n) is 3.37. The molecule has 3 aromatic rings. The lowest BCUT2D eigenvalue weighted by Gasteiger charge is -2.25. The van der Waals surface area contributed by atoms with Crippen molar-refractivity contribution >= 4 is 66.4 Å². The van der Waals surface area contributed by atoms with Crippen molar-refractivity contribution in [3.63, 3.8) is 0 Å². The molecule has 0 aliphatic carbocycles. The first-order chi connectivity index (χ1) is 17.0. The molecular weight excluding hydrogens is 624 g/mol. The molecule has 0 radical (unpaired) electrons. The number of benzene rings is 3. The summed E-state index contributed by atoms with van der Waals surface area (Å²) in [6, 6.07) is 15.1. The van der Waals surface area contributed by atoms with Gasteiger partial charge >= 0.3 is 0 Å². The van der Waals surface area contributed by atoms with Crippen molar-refractivity contribution in [3.05, 3.63) is 106 Å². The van der Waals surface area contributed by atoms with E-state index < -0.39 is 21.9 Å². The Morgan fingerprint density at radius 1 is 0.972 bits per heavy atom. The molecule has 0 bridgehead atoms. The third kappa shape index (κ3) is 7.55. The van der Waals surface area contributed by atoms with Crippen LogP contribution in [-0.2, 0) is 11.3 Å². The predicted molar refractivity (Wildman–Crippen MR) is 142 cm³/mol. The van der Waals surface area contributed by atoms with Crippen LogP contribution in [0.3, 0.4) is 0 Å². The lowest BCUT2D eigenvalue weighted by molar-refractivity contribution is -0.385. The van der Waals surface area contributed by atoms with E-state index in [4.69, 9.17) is 11.6 Å². The number of nitro groups is 2. The van der Waals surface area contributed by atoms with Crippen LogP contribution in [0.25, 0.3) is 0 Å². The average molecular weight is 643 g/mol. The summed E-state index contributed by atoms with van der Waals surface area (Å²) < 4.78 is 0.652. The van der Waals surface area contributed by atoms with Crippen molar-refractivity contribution in [1.82, 2.24) is 4.90 Å². The maximum absolute atomic E-state index is 12.9. The highest BCUT2D eigenvalue weighted by Crippen LogP contribution is 2.35. The highest BCUT2D eigenvalue weighted by molar-refractivity contribution is 9.11. The monoisotopic (exact) mass is 640 g/mol. The molecule has 0 heterocycles. The van der Waals surface area contributed by atoms with Gasteiger partial charge in [-0.1, -0.05) is 23.7 Å². The number of carbonyl (C=O) groups excluding carboxylic acids is 1. The molecule has 188 valence electrons. The molecule has 0 fully saturated rings. The maximum atomic E-state index is 12.9. The van der Waals surface area contributed by atoms with Crippen molar-refractivity contribution in [3.8, 4) is 0 Å². The Kier molecular flexibility index (Phi) is 9.51. The molecule has 3 rings (SSSR count). The van der Waals surface area contributed by atoms with Gasteiger partial charge in [-0.3, -0.25) is 29.9 Å². The summed E-state index contributed by atoms with van der Waals surface area (Å²) in [5, 5.41) is 36.0. The highest BCUT2D eigenvalue weighted by atomic mass is 79.9. The molecule has 10 nitrogen and oxygen atoms in total. The number of aliphatic hydroxyl groups excluding tert-OH is 1. The van der Waals surface area contributed by atoms with Crippen molar-refractivity contribution < 1.29 is 19.7 Å². The lowest BCUT2D eigenvalue weighted by Crippen LogP contribution is -2.36. The number of nitrogens with zero attached hydrogens (tertiary/aromatic N) is 3. The van der Waals surface area contributed by atoms with Gasteiger partial charge in [0.05, 0.1) is 28.2 Å². The Balaban J connectivity index is 1.78. The topological polar surface area (TPSA) is 139 Å². The van der Waals surface area contributed by atoms with Crippen molar-refractivity contribution in [2.24, 2.45) is 0 Å². The zero-order valence-corrected chi connectivity index (χ0v) is 22.4. The second-order valence-corrected chi connectivity index (χ2v) is 9.90. The molecule has 0 aliphatic rings. The highest BCUT2D eigenvalue weighted by Gasteiger charge is 2.20. The van der Waals surface area contributed by atoms with E-state index in [1.165, 1.54) is 36.4 Å². The van der Waals surface area contributed by atoms with Gasteiger partial charge in [0.15, 0.2) is 0 Å². The quantitative estimate of drug-likeness (QED) is 0.209. The zero-order chi connectivity index (χ0) is 26.4. The number of hydrogen-bond acceptors (Lipinski definition) is 7. The van der Waals surface area contributed by atoms with Gasteiger partial charge in [0.25, 0.3) is 11.4 Å². The molecule has 0 aliphatic heterocycles. The van der Waals surface area contributed by atoms with E-state index in [9.17, 15) is 30.1 Å². The van der Waals surface area contributed by atoms with E-state index in [-0.39, 0.29) is 24.5 Å². The van der Waals surface area contributed by atoms with E-state index in [0.717, 1.165) is 5.56 Å². The van der Waals surface area contributed by atoms with Crippen LogP contribution in [0.4, 0.5) is 17.1 Å². The van der Waals surface area contributed by atoms with Gasteiger partial charge < -0.3 is 10.4 Å². The average Bonchev–Trinajstić information content (AvgIpc) is 2.82. The largest absolute Gasteiger partial charge is 0.387 e. The van der Waals surface area contributed by atoms with Crippen LogP contribution in [0, 0.1) is 20.2 Å². The van der Waals surface area contributed by atoms with Crippen LogP contribution in [-0.4, -0.2) is 38.8 Å². The third-order valence-corrected chi connectivity index (χ3v) is 6.61.